The van der Waals surface area contributed by atoms with Gasteiger partial charge in [-0.1, -0.05) is 17.3 Å². The number of para-hydroxylation sites is 1. The molecule has 1 amide bonds. The molecule has 0 saturated carbocycles. The van der Waals surface area contributed by atoms with Gasteiger partial charge in [0.15, 0.2) is 6.61 Å². The van der Waals surface area contributed by atoms with E-state index < -0.39 is 5.97 Å². The zero-order valence-corrected chi connectivity index (χ0v) is 16.5. The van der Waals surface area contributed by atoms with Gasteiger partial charge >= 0.3 is 5.97 Å². The largest absolute Gasteiger partial charge is 0.485 e. The van der Waals surface area contributed by atoms with Gasteiger partial charge in [-0.15, -0.1) is 0 Å². The van der Waals surface area contributed by atoms with E-state index >= 15 is 0 Å². The maximum absolute atomic E-state index is 13.1. The lowest BCUT2D eigenvalue weighted by Gasteiger charge is -2.33. The lowest BCUT2D eigenvalue weighted by Crippen LogP contribution is -2.39. The van der Waals surface area contributed by atoms with Crippen molar-refractivity contribution in [3.05, 3.63) is 65.6 Å². The lowest BCUT2D eigenvalue weighted by atomic mass is 10.0. The Morgan fingerprint density at radius 3 is 2.67 bits per heavy atom. The van der Waals surface area contributed by atoms with Gasteiger partial charge in [0, 0.05) is 32.3 Å². The number of hydrogen-bond acceptors (Lipinski definition) is 6. The molecule has 0 aliphatic carbocycles. The van der Waals surface area contributed by atoms with Crippen molar-refractivity contribution in [2.75, 3.05) is 13.1 Å². The number of rotatable bonds is 6. The molecule has 0 radical (unpaired) electrons. The molecule has 1 aliphatic rings. The van der Waals surface area contributed by atoms with Crippen LogP contribution in [-0.4, -0.2) is 49.7 Å². The van der Waals surface area contributed by atoms with Crippen LogP contribution in [0, 0.1) is 6.92 Å². The molecular weight excluding hydrogens is 388 g/mol. The molecule has 1 aromatic carbocycles. The molecule has 0 atom stereocenters. The fourth-order valence-electron chi connectivity index (χ4n) is 3.72. The first kappa shape index (κ1) is 19.7. The first-order valence-electron chi connectivity index (χ1n) is 9.73. The van der Waals surface area contributed by atoms with E-state index in [1.165, 1.54) is 0 Å². The number of amides is 1. The number of aryl methyl sites for hydroxylation is 1. The second-order valence-electron chi connectivity index (χ2n) is 7.14. The molecule has 3 aromatic rings. The summed E-state index contributed by atoms with van der Waals surface area (Å²) in [7, 11) is 0. The molecule has 9 nitrogen and oxygen atoms in total. The van der Waals surface area contributed by atoms with Crippen LogP contribution in [0.5, 0.6) is 5.75 Å². The Labute approximate surface area is 172 Å². The maximum Gasteiger partial charge on any atom is 0.352 e. The SMILES string of the molecule is Cc1nc(COc2ccccc2C(=O)N2CCC(n3cccc3C(=O)O)CC2)no1. The number of likely N-dealkylation sites (tertiary alicyclic amines) is 1. The number of hydrogen-bond donors (Lipinski definition) is 1. The van der Waals surface area contributed by atoms with Gasteiger partial charge < -0.3 is 23.8 Å². The number of carbonyl (C=O) groups is 2. The highest BCUT2D eigenvalue weighted by atomic mass is 16.5. The van der Waals surface area contributed by atoms with Crippen LogP contribution in [0.3, 0.4) is 0 Å². The van der Waals surface area contributed by atoms with Gasteiger partial charge in [0.25, 0.3) is 5.91 Å². The summed E-state index contributed by atoms with van der Waals surface area (Å²) in [6, 6.07) is 10.5. The van der Waals surface area contributed by atoms with Gasteiger partial charge in [-0.05, 0) is 37.1 Å². The van der Waals surface area contributed by atoms with Crippen molar-refractivity contribution in [2.24, 2.45) is 0 Å². The Hall–Kier alpha value is -3.62. The lowest BCUT2D eigenvalue weighted by molar-refractivity contribution is 0.0647. The Morgan fingerprint density at radius 2 is 1.97 bits per heavy atom. The van der Waals surface area contributed by atoms with Gasteiger partial charge in [-0.25, -0.2) is 4.79 Å². The molecule has 2 aromatic heterocycles. The zero-order chi connectivity index (χ0) is 21.1. The highest BCUT2D eigenvalue weighted by Gasteiger charge is 2.27. The number of carboxylic acid groups (broad SMARTS) is 1. The van der Waals surface area contributed by atoms with Crippen LogP contribution >= 0.6 is 0 Å². The summed E-state index contributed by atoms with van der Waals surface area (Å²) in [5, 5.41) is 13.1. The number of benzene rings is 1. The topological polar surface area (TPSA) is 111 Å². The van der Waals surface area contributed by atoms with Gasteiger partial charge in [0.1, 0.15) is 11.4 Å². The minimum atomic E-state index is -0.943. The van der Waals surface area contributed by atoms with Crippen LogP contribution in [0.25, 0.3) is 0 Å². The molecule has 1 saturated heterocycles. The monoisotopic (exact) mass is 410 g/mol. The van der Waals surface area contributed by atoms with E-state index in [9.17, 15) is 14.7 Å². The summed E-state index contributed by atoms with van der Waals surface area (Å²) in [5.74, 6) is 0.275. The Bertz CT molecular complexity index is 1050. The quantitative estimate of drug-likeness (QED) is 0.665. The van der Waals surface area contributed by atoms with E-state index in [1.807, 2.05) is 0 Å². The van der Waals surface area contributed by atoms with Crippen molar-refractivity contribution in [1.29, 1.82) is 0 Å². The number of carbonyl (C=O) groups excluding carboxylic acids is 1. The molecular formula is C21H22N4O5. The van der Waals surface area contributed by atoms with Gasteiger partial charge in [0.05, 0.1) is 5.56 Å². The van der Waals surface area contributed by atoms with Crippen LogP contribution in [0.4, 0.5) is 0 Å². The number of aromatic carboxylic acids is 1. The minimum absolute atomic E-state index is 0.0584. The summed E-state index contributed by atoms with van der Waals surface area (Å²) in [5.41, 5.74) is 0.749. The summed E-state index contributed by atoms with van der Waals surface area (Å²) in [6.45, 7) is 2.89. The minimum Gasteiger partial charge on any atom is -0.485 e. The molecule has 4 rings (SSSR count). The fourth-order valence-corrected chi connectivity index (χ4v) is 3.72. The van der Waals surface area contributed by atoms with E-state index in [-0.39, 0.29) is 24.2 Å². The predicted molar refractivity (Wildman–Crippen MR) is 105 cm³/mol. The highest BCUT2D eigenvalue weighted by Crippen LogP contribution is 2.27. The van der Waals surface area contributed by atoms with E-state index in [0.29, 0.717) is 49.0 Å². The molecule has 3 heterocycles. The van der Waals surface area contributed by atoms with Crippen molar-refractivity contribution in [2.45, 2.75) is 32.4 Å². The first-order chi connectivity index (χ1) is 14.5. The van der Waals surface area contributed by atoms with Crippen molar-refractivity contribution >= 4 is 11.9 Å². The first-order valence-corrected chi connectivity index (χ1v) is 9.73. The second-order valence-corrected chi connectivity index (χ2v) is 7.14. The third kappa shape index (κ3) is 4.05. The predicted octanol–water partition coefficient (Wildman–Crippen LogP) is 2.93. The van der Waals surface area contributed by atoms with Crippen molar-refractivity contribution < 1.29 is 24.0 Å². The molecule has 0 spiro atoms. The third-order valence-electron chi connectivity index (χ3n) is 5.19. The van der Waals surface area contributed by atoms with Crippen LogP contribution < -0.4 is 4.74 Å². The molecule has 30 heavy (non-hydrogen) atoms. The molecule has 0 unspecified atom stereocenters. The fraction of sp³-hybridized carbons (Fsp3) is 0.333. The molecule has 156 valence electrons. The van der Waals surface area contributed by atoms with E-state index in [4.69, 9.17) is 9.26 Å². The summed E-state index contributed by atoms with van der Waals surface area (Å²) in [4.78, 5) is 30.4. The second kappa shape index (κ2) is 8.40. The summed E-state index contributed by atoms with van der Waals surface area (Å²) >= 11 is 0. The average molecular weight is 410 g/mol. The molecule has 0 bridgehead atoms. The number of aromatic nitrogens is 3. The van der Waals surface area contributed by atoms with Gasteiger partial charge in [-0.2, -0.15) is 4.98 Å². The summed E-state index contributed by atoms with van der Waals surface area (Å²) in [6.07, 6.45) is 3.16. The summed E-state index contributed by atoms with van der Waals surface area (Å²) < 4.78 is 12.5. The van der Waals surface area contributed by atoms with E-state index in [1.54, 1.807) is 59.0 Å². The van der Waals surface area contributed by atoms with Gasteiger partial charge in [0.2, 0.25) is 11.7 Å². The number of carboxylic acids is 1. The average Bonchev–Trinajstić information content (AvgIpc) is 3.41. The van der Waals surface area contributed by atoms with Gasteiger partial charge in [-0.3, -0.25) is 4.79 Å². The standard InChI is InChI=1S/C21H22N4O5/c1-14-22-19(23-30-14)13-29-18-7-3-2-5-16(18)20(26)24-11-8-15(9-12-24)25-10-4-6-17(25)21(27)28/h2-7,10,15H,8-9,11-13H2,1H3,(H,27,28). The highest BCUT2D eigenvalue weighted by molar-refractivity contribution is 5.97. The van der Waals surface area contributed by atoms with Crippen molar-refractivity contribution in [3.8, 4) is 5.75 Å². The third-order valence-corrected chi connectivity index (χ3v) is 5.19. The zero-order valence-electron chi connectivity index (χ0n) is 16.5. The normalized spacial score (nSPS) is 14.6. The van der Waals surface area contributed by atoms with E-state index in [0.717, 1.165) is 0 Å². The Kier molecular flexibility index (Phi) is 5.51. The van der Waals surface area contributed by atoms with Crippen LogP contribution in [0.15, 0.2) is 47.1 Å². The Morgan fingerprint density at radius 1 is 1.20 bits per heavy atom. The number of piperidine rings is 1. The molecule has 1 N–H and O–H groups in total. The maximum atomic E-state index is 13.1. The van der Waals surface area contributed by atoms with Crippen molar-refractivity contribution in [3.63, 3.8) is 0 Å². The van der Waals surface area contributed by atoms with Crippen molar-refractivity contribution in [1.82, 2.24) is 19.6 Å². The van der Waals surface area contributed by atoms with Crippen LogP contribution in [0.1, 0.15) is 51.4 Å². The van der Waals surface area contributed by atoms with Crippen LogP contribution in [0.2, 0.25) is 0 Å². The molecule has 1 aliphatic heterocycles. The smallest absolute Gasteiger partial charge is 0.352 e. The van der Waals surface area contributed by atoms with Crippen LogP contribution in [-0.2, 0) is 6.61 Å². The number of nitrogens with zero attached hydrogens (tertiary/aromatic N) is 4. The number of ether oxygens (including phenoxy) is 1. The molecule has 1 fully saturated rings. The van der Waals surface area contributed by atoms with E-state index in [2.05, 4.69) is 10.1 Å². The Balaban J connectivity index is 1.42. The molecule has 9 heteroatoms.